The van der Waals surface area contributed by atoms with Gasteiger partial charge < -0.3 is 19.6 Å². The van der Waals surface area contributed by atoms with Crippen LogP contribution in [-0.4, -0.2) is 41.7 Å². The van der Waals surface area contributed by atoms with Crippen molar-refractivity contribution in [2.75, 3.05) is 19.7 Å². The maximum atomic E-state index is 12.3. The summed E-state index contributed by atoms with van der Waals surface area (Å²) in [6, 6.07) is 10.9. The molecule has 2 aromatic rings. The van der Waals surface area contributed by atoms with E-state index < -0.39 is 0 Å². The number of phenols is 1. The molecule has 1 unspecified atom stereocenters. The lowest BCUT2D eigenvalue weighted by molar-refractivity contribution is -0.123. The normalized spacial score (nSPS) is 17.1. The Balaban J connectivity index is 1.59. The number of carbonyl (C=O) groups is 1. The maximum absolute atomic E-state index is 12.3. The van der Waals surface area contributed by atoms with Crippen LogP contribution in [0.3, 0.4) is 0 Å². The summed E-state index contributed by atoms with van der Waals surface area (Å²) < 4.78 is 10.9. The van der Waals surface area contributed by atoms with Crippen LogP contribution in [0.4, 0.5) is 0 Å². The van der Waals surface area contributed by atoms with Crippen LogP contribution in [0.2, 0.25) is 0 Å². The number of furan rings is 1. The van der Waals surface area contributed by atoms with Gasteiger partial charge in [-0.3, -0.25) is 9.69 Å². The summed E-state index contributed by atoms with van der Waals surface area (Å²) in [6.07, 6.45) is 3.79. The molecule has 1 aromatic carbocycles. The number of para-hydroxylation sites is 1. The topological polar surface area (TPSA) is 74.9 Å². The third-order valence-electron chi connectivity index (χ3n) is 4.26. The Hall–Kier alpha value is -2.31. The molecule has 1 aliphatic heterocycles. The summed E-state index contributed by atoms with van der Waals surface area (Å²) in [5, 5.41) is 12.9. The van der Waals surface area contributed by atoms with Crippen LogP contribution in [-0.2, 0) is 22.6 Å². The van der Waals surface area contributed by atoms with Gasteiger partial charge in [0.05, 0.1) is 25.5 Å². The van der Waals surface area contributed by atoms with Gasteiger partial charge in [-0.15, -0.1) is 0 Å². The van der Waals surface area contributed by atoms with E-state index in [-0.39, 0.29) is 24.3 Å². The number of rotatable bonds is 8. The largest absolute Gasteiger partial charge is 0.508 e. The molecule has 134 valence electrons. The zero-order valence-electron chi connectivity index (χ0n) is 14.2. The van der Waals surface area contributed by atoms with Crippen molar-refractivity contribution in [3.63, 3.8) is 0 Å². The predicted octanol–water partition coefficient (Wildman–Crippen LogP) is 2.28. The zero-order valence-corrected chi connectivity index (χ0v) is 14.2. The highest BCUT2D eigenvalue weighted by Crippen LogP contribution is 2.19. The van der Waals surface area contributed by atoms with Crippen LogP contribution in [0, 0.1) is 0 Å². The van der Waals surface area contributed by atoms with Crippen molar-refractivity contribution in [3.05, 3.63) is 54.0 Å². The van der Waals surface area contributed by atoms with Crippen LogP contribution in [0.5, 0.6) is 5.75 Å². The summed E-state index contributed by atoms with van der Waals surface area (Å²) >= 11 is 0. The van der Waals surface area contributed by atoms with Crippen LogP contribution in [0.25, 0.3) is 0 Å². The monoisotopic (exact) mass is 344 g/mol. The maximum Gasteiger partial charge on any atom is 0.234 e. The molecule has 3 rings (SSSR count). The van der Waals surface area contributed by atoms with Crippen LogP contribution >= 0.6 is 0 Å². The van der Waals surface area contributed by atoms with E-state index in [4.69, 9.17) is 9.15 Å². The van der Waals surface area contributed by atoms with Gasteiger partial charge in [-0.1, -0.05) is 18.2 Å². The van der Waals surface area contributed by atoms with Gasteiger partial charge in [-0.25, -0.2) is 0 Å². The summed E-state index contributed by atoms with van der Waals surface area (Å²) in [6.45, 7) is 2.50. The Morgan fingerprint density at radius 3 is 2.84 bits per heavy atom. The number of amides is 1. The molecule has 2 N–H and O–H groups in total. The third-order valence-corrected chi connectivity index (χ3v) is 4.26. The average molecular weight is 344 g/mol. The fourth-order valence-electron chi connectivity index (χ4n) is 2.97. The lowest BCUT2D eigenvalue weighted by atomic mass is 10.2. The number of carbonyl (C=O) groups excluding carboxylic acids is 1. The van der Waals surface area contributed by atoms with Gasteiger partial charge in [-0.05, 0) is 31.0 Å². The Morgan fingerprint density at radius 2 is 2.12 bits per heavy atom. The van der Waals surface area contributed by atoms with E-state index in [9.17, 15) is 9.90 Å². The van der Waals surface area contributed by atoms with Crippen molar-refractivity contribution < 1.29 is 19.1 Å². The number of nitrogens with one attached hydrogen (secondary N) is 1. The molecule has 1 fully saturated rings. The molecule has 0 aliphatic carbocycles. The number of hydrogen-bond donors (Lipinski definition) is 2. The van der Waals surface area contributed by atoms with E-state index in [1.807, 2.05) is 29.2 Å². The summed E-state index contributed by atoms with van der Waals surface area (Å²) in [5.74, 6) is 0.950. The zero-order chi connectivity index (χ0) is 17.5. The second-order valence-electron chi connectivity index (χ2n) is 6.29. The molecule has 0 spiro atoms. The summed E-state index contributed by atoms with van der Waals surface area (Å²) in [4.78, 5) is 14.3. The van der Waals surface area contributed by atoms with E-state index in [1.165, 1.54) is 0 Å². The van der Waals surface area contributed by atoms with Gasteiger partial charge in [0.1, 0.15) is 11.5 Å². The fraction of sp³-hybridized carbons (Fsp3) is 0.421. The van der Waals surface area contributed by atoms with Gasteiger partial charge in [-0.2, -0.15) is 0 Å². The lowest BCUT2D eigenvalue weighted by Gasteiger charge is -2.22. The SMILES string of the molecule is O=C(CN(Cc1ccco1)Cc1ccccc1O)NCC1CCCO1. The van der Waals surface area contributed by atoms with Crippen molar-refractivity contribution in [2.45, 2.75) is 32.0 Å². The molecule has 1 aliphatic rings. The Morgan fingerprint density at radius 1 is 1.24 bits per heavy atom. The van der Waals surface area contributed by atoms with E-state index >= 15 is 0 Å². The second-order valence-corrected chi connectivity index (χ2v) is 6.29. The van der Waals surface area contributed by atoms with Gasteiger partial charge in [0.2, 0.25) is 5.91 Å². The highest BCUT2D eigenvalue weighted by Gasteiger charge is 2.18. The van der Waals surface area contributed by atoms with Gasteiger partial charge in [0.25, 0.3) is 0 Å². The molecule has 6 nitrogen and oxygen atoms in total. The average Bonchev–Trinajstić information content (AvgIpc) is 3.28. The molecule has 0 radical (unpaired) electrons. The first-order valence-electron chi connectivity index (χ1n) is 8.60. The van der Waals surface area contributed by atoms with Crippen LogP contribution < -0.4 is 5.32 Å². The molecule has 0 bridgehead atoms. The van der Waals surface area contributed by atoms with Crippen LogP contribution in [0.15, 0.2) is 47.1 Å². The first-order valence-corrected chi connectivity index (χ1v) is 8.60. The number of ether oxygens (including phenoxy) is 1. The van der Waals surface area contributed by atoms with Crippen molar-refractivity contribution in [3.8, 4) is 5.75 Å². The highest BCUT2D eigenvalue weighted by molar-refractivity contribution is 5.78. The fourth-order valence-corrected chi connectivity index (χ4v) is 2.97. The molecular formula is C19H24N2O4. The summed E-state index contributed by atoms with van der Waals surface area (Å²) in [5.41, 5.74) is 0.779. The van der Waals surface area contributed by atoms with Crippen molar-refractivity contribution in [2.24, 2.45) is 0 Å². The van der Waals surface area contributed by atoms with Gasteiger partial charge in [0.15, 0.2) is 0 Å². The lowest BCUT2D eigenvalue weighted by Crippen LogP contribution is -2.39. The predicted molar refractivity (Wildman–Crippen MR) is 92.9 cm³/mol. The van der Waals surface area contributed by atoms with Crippen molar-refractivity contribution >= 4 is 5.91 Å². The molecular weight excluding hydrogens is 320 g/mol. The van der Waals surface area contributed by atoms with E-state index in [1.54, 1.807) is 18.4 Å². The van der Waals surface area contributed by atoms with Gasteiger partial charge >= 0.3 is 0 Å². The van der Waals surface area contributed by atoms with E-state index in [2.05, 4.69) is 5.32 Å². The number of phenolic OH excluding ortho intramolecular Hbond substituents is 1. The molecule has 6 heteroatoms. The minimum absolute atomic E-state index is 0.0579. The molecule has 1 atom stereocenters. The molecule has 25 heavy (non-hydrogen) atoms. The molecule has 1 aromatic heterocycles. The number of benzene rings is 1. The quantitative estimate of drug-likeness (QED) is 0.768. The smallest absolute Gasteiger partial charge is 0.234 e. The second kappa shape index (κ2) is 8.69. The standard InChI is InChI=1S/C19H24N2O4/c22-18-8-2-1-5-15(18)12-21(13-17-7-4-10-25-17)14-19(23)20-11-16-6-3-9-24-16/h1-2,4-5,7-8,10,16,22H,3,6,9,11-14H2,(H,20,23). The van der Waals surface area contributed by atoms with E-state index in [0.717, 1.165) is 30.8 Å². The first-order chi connectivity index (χ1) is 12.2. The Kier molecular flexibility index (Phi) is 6.09. The van der Waals surface area contributed by atoms with Gasteiger partial charge in [0, 0.05) is 25.3 Å². The molecule has 2 heterocycles. The van der Waals surface area contributed by atoms with Crippen molar-refractivity contribution in [1.82, 2.24) is 10.2 Å². The first kappa shape index (κ1) is 17.5. The number of nitrogens with zero attached hydrogens (tertiary/aromatic N) is 1. The van der Waals surface area contributed by atoms with Crippen LogP contribution in [0.1, 0.15) is 24.2 Å². The van der Waals surface area contributed by atoms with E-state index in [0.29, 0.717) is 19.6 Å². The highest BCUT2D eigenvalue weighted by atomic mass is 16.5. The summed E-state index contributed by atoms with van der Waals surface area (Å²) in [7, 11) is 0. The number of aromatic hydroxyl groups is 1. The van der Waals surface area contributed by atoms with Crippen molar-refractivity contribution in [1.29, 1.82) is 0 Å². The Labute approximate surface area is 147 Å². The Bertz CT molecular complexity index is 666. The minimum Gasteiger partial charge on any atom is -0.508 e. The molecule has 1 amide bonds. The minimum atomic E-state index is -0.0579. The molecule has 1 saturated heterocycles. The molecule has 0 saturated carbocycles. The third kappa shape index (κ3) is 5.34. The number of hydrogen-bond acceptors (Lipinski definition) is 5.